The molecular formula is C16H26N2O2S. The van der Waals surface area contributed by atoms with Crippen molar-refractivity contribution in [2.45, 2.75) is 58.4 Å². The second-order valence-corrected chi connectivity index (χ2v) is 7.78. The highest BCUT2D eigenvalue weighted by Gasteiger charge is 2.24. The van der Waals surface area contributed by atoms with Gasteiger partial charge in [-0.05, 0) is 75.3 Å². The minimum Gasteiger partial charge on any atom is -0.313 e. The monoisotopic (exact) mass is 310 g/mol. The van der Waals surface area contributed by atoms with Crippen LogP contribution in [0.2, 0.25) is 0 Å². The van der Waals surface area contributed by atoms with Crippen molar-refractivity contribution in [2.75, 3.05) is 13.1 Å². The van der Waals surface area contributed by atoms with Crippen LogP contribution in [0.1, 0.15) is 40.7 Å². The summed E-state index contributed by atoms with van der Waals surface area (Å²) in [6, 6.07) is 0.599. The fourth-order valence-electron chi connectivity index (χ4n) is 2.69. The van der Waals surface area contributed by atoms with Crippen molar-refractivity contribution in [1.29, 1.82) is 0 Å². The third-order valence-corrected chi connectivity index (χ3v) is 6.36. The van der Waals surface area contributed by atoms with Crippen molar-refractivity contribution >= 4 is 10.0 Å². The van der Waals surface area contributed by atoms with Crippen LogP contribution < -0.4 is 10.0 Å². The fourth-order valence-corrected chi connectivity index (χ4v) is 4.32. The molecule has 1 aromatic carbocycles. The Morgan fingerprint density at radius 1 is 0.857 bits per heavy atom. The molecule has 4 nitrogen and oxygen atoms in total. The van der Waals surface area contributed by atoms with E-state index in [1.807, 2.05) is 34.6 Å². The van der Waals surface area contributed by atoms with Crippen molar-refractivity contribution in [3.8, 4) is 0 Å². The van der Waals surface area contributed by atoms with Crippen LogP contribution in [-0.2, 0) is 10.0 Å². The van der Waals surface area contributed by atoms with Crippen LogP contribution in [0.25, 0.3) is 0 Å². The average Bonchev–Trinajstić information content (AvgIpc) is 3.23. The van der Waals surface area contributed by atoms with Crippen molar-refractivity contribution in [3.63, 3.8) is 0 Å². The Morgan fingerprint density at radius 2 is 1.33 bits per heavy atom. The predicted molar refractivity (Wildman–Crippen MR) is 86.3 cm³/mol. The summed E-state index contributed by atoms with van der Waals surface area (Å²) in [5.74, 6) is 0. The van der Waals surface area contributed by atoms with Gasteiger partial charge in [-0.15, -0.1) is 0 Å². The Kier molecular flexibility index (Phi) is 4.76. The average molecular weight is 310 g/mol. The summed E-state index contributed by atoms with van der Waals surface area (Å²) >= 11 is 0. The van der Waals surface area contributed by atoms with Gasteiger partial charge in [-0.2, -0.15) is 0 Å². The van der Waals surface area contributed by atoms with E-state index in [0.717, 1.165) is 22.3 Å². The highest BCUT2D eigenvalue weighted by molar-refractivity contribution is 7.89. The summed E-state index contributed by atoms with van der Waals surface area (Å²) in [6.45, 7) is 10.9. The number of hydrogen-bond donors (Lipinski definition) is 2. The molecule has 0 radical (unpaired) electrons. The molecule has 0 unspecified atom stereocenters. The molecule has 118 valence electrons. The Morgan fingerprint density at radius 3 is 1.81 bits per heavy atom. The van der Waals surface area contributed by atoms with Crippen molar-refractivity contribution < 1.29 is 8.42 Å². The first-order valence-corrected chi connectivity index (χ1v) is 9.04. The minimum atomic E-state index is -3.45. The first kappa shape index (κ1) is 16.5. The molecule has 5 heteroatoms. The second kappa shape index (κ2) is 6.07. The number of sulfonamides is 1. The lowest BCUT2D eigenvalue weighted by atomic mass is 9.95. The molecule has 0 aromatic heterocycles. The van der Waals surface area contributed by atoms with Gasteiger partial charge in [0, 0.05) is 19.1 Å². The molecule has 0 atom stereocenters. The van der Waals surface area contributed by atoms with E-state index in [2.05, 4.69) is 10.0 Å². The van der Waals surface area contributed by atoms with E-state index in [0.29, 0.717) is 24.0 Å². The van der Waals surface area contributed by atoms with Gasteiger partial charge in [-0.1, -0.05) is 0 Å². The van der Waals surface area contributed by atoms with Crippen LogP contribution in [0.3, 0.4) is 0 Å². The number of benzene rings is 1. The van der Waals surface area contributed by atoms with Crippen molar-refractivity contribution in [2.24, 2.45) is 0 Å². The Hall–Kier alpha value is -0.910. The molecule has 0 saturated heterocycles. The first-order valence-electron chi connectivity index (χ1n) is 7.55. The summed E-state index contributed by atoms with van der Waals surface area (Å²) < 4.78 is 27.9. The largest absolute Gasteiger partial charge is 0.313 e. The smallest absolute Gasteiger partial charge is 0.241 e. The molecule has 2 rings (SSSR count). The summed E-state index contributed by atoms with van der Waals surface area (Å²) in [5, 5.41) is 3.31. The second-order valence-electron chi connectivity index (χ2n) is 6.08. The molecule has 1 aromatic rings. The lowest BCUT2D eigenvalue weighted by Crippen LogP contribution is -2.33. The standard InChI is InChI=1S/C16H26N2O2S/c1-10-11(2)13(4)16(14(5)12(10)3)21(19,20)18-9-8-17-15-6-7-15/h15,17-18H,6-9H2,1-5H3. The summed E-state index contributed by atoms with van der Waals surface area (Å²) in [5.41, 5.74) is 5.03. The molecule has 0 aliphatic heterocycles. The van der Waals surface area contributed by atoms with Gasteiger partial charge in [0.2, 0.25) is 10.0 Å². The summed E-state index contributed by atoms with van der Waals surface area (Å²) in [6.07, 6.45) is 2.42. The van der Waals surface area contributed by atoms with Crippen LogP contribution in [0.5, 0.6) is 0 Å². The maximum Gasteiger partial charge on any atom is 0.241 e. The van der Waals surface area contributed by atoms with Crippen LogP contribution >= 0.6 is 0 Å². The molecule has 0 bridgehead atoms. The quantitative estimate of drug-likeness (QED) is 0.792. The molecule has 1 saturated carbocycles. The minimum absolute atomic E-state index is 0.434. The molecule has 0 spiro atoms. The molecule has 2 N–H and O–H groups in total. The van der Waals surface area contributed by atoms with E-state index in [9.17, 15) is 8.42 Å². The predicted octanol–water partition coefficient (Wildman–Crippen LogP) is 2.26. The van der Waals surface area contributed by atoms with Gasteiger partial charge in [0.25, 0.3) is 0 Å². The molecule has 1 fully saturated rings. The van der Waals surface area contributed by atoms with E-state index in [1.165, 1.54) is 18.4 Å². The zero-order valence-corrected chi connectivity index (χ0v) is 14.4. The molecular weight excluding hydrogens is 284 g/mol. The summed E-state index contributed by atoms with van der Waals surface area (Å²) in [4.78, 5) is 0.453. The molecule has 21 heavy (non-hydrogen) atoms. The van der Waals surface area contributed by atoms with Gasteiger partial charge < -0.3 is 5.32 Å². The third-order valence-electron chi connectivity index (χ3n) is 4.63. The van der Waals surface area contributed by atoms with Gasteiger partial charge in [0.05, 0.1) is 4.90 Å². The first-order chi connectivity index (χ1) is 9.75. The summed E-state index contributed by atoms with van der Waals surface area (Å²) in [7, 11) is -3.45. The van der Waals surface area contributed by atoms with Crippen LogP contribution in [0, 0.1) is 34.6 Å². The number of hydrogen-bond acceptors (Lipinski definition) is 3. The molecule has 1 aliphatic carbocycles. The normalized spacial score (nSPS) is 15.5. The van der Waals surface area contributed by atoms with Gasteiger partial charge in [-0.3, -0.25) is 0 Å². The molecule has 1 aliphatic rings. The Labute approximate surface area is 128 Å². The fraction of sp³-hybridized carbons (Fsp3) is 0.625. The Bertz CT molecular complexity index is 618. The van der Waals surface area contributed by atoms with Crippen LogP contribution in [0.15, 0.2) is 4.90 Å². The highest BCUT2D eigenvalue weighted by atomic mass is 32.2. The molecule has 0 heterocycles. The van der Waals surface area contributed by atoms with Crippen molar-refractivity contribution in [1.82, 2.24) is 10.0 Å². The van der Waals surface area contributed by atoms with E-state index in [1.54, 1.807) is 0 Å². The van der Waals surface area contributed by atoms with E-state index < -0.39 is 10.0 Å². The topological polar surface area (TPSA) is 58.2 Å². The lowest BCUT2D eigenvalue weighted by molar-refractivity contribution is 0.574. The maximum absolute atomic E-state index is 12.6. The number of nitrogens with one attached hydrogen (secondary N) is 2. The Balaban J connectivity index is 2.22. The number of rotatable bonds is 6. The molecule has 0 amide bonds. The van der Waals surface area contributed by atoms with E-state index >= 15 is 0 Å². The zero-order chi connectivity index (χ0) is 15.8. The van der Waals surface area contributed by atoms with Crippen LogP contribution in [0.4, 0.5) is 0 Å². The third kappa shape index (κ3) is 3.47. The van der Waals surface area contributed by atoms with Gasteiger partial charge in [-0.25, -0.2) is 13.1 Å². The maximum atomic E-state index is 12.6. The zero-order valence-electron chi connectivity index (χ0n) is 13.6. The van der Waals surface area contributed by atoms with Gasteiger partial charge in [0.1, 0.15) is 0 Å². The van der Waals surface area contributed by atoms with Gasteiger partial charge >= 0.3 is 0 Å². The van der Waals surface area contributed by atoms with E-state index in [-0.39, 0.29) is 0 Å². The van der Waals surface area contributed by atoms with Crippen molar-refractivity contribution in [3.05, 3.63) is 27.8 Å². The van der Waals surface area contributed by atoms with E-state index in [4.69, 9.17) is 0 Å². The highest BCUT2D eigenvalue weighted by Crippen LogP contribution is 2.29. The lowest BCUT2D eigenvalue weighted by Gasteiger charge is -2.19. The SMILES string of the molecule is Cc1c(C)c(C)c(S(=O)(=O)NCCNC2CC2)c(C)c1C. The van der Waals surface area contributed by atoms with Gasteiger partial charge in [0.15, 0.2) is 0 Å². The van der Waals surface area contributed by atoms with Crippen LogP contribution in [-0.4, -0.2) is 27.5 Å².